The van der Waals surface area contributed by atoms with Gasteiger partial charge in [-0.1, -0.05) is 0 Å². The number of benzene rings is 1. The second kappa shape index (κ2) is 5.72. The van der Waals surface area contributed by atoms with E-state index in [0.717, 1.165) is 32.4 Å². The molecule has 7 heteroatoms. The number of nitrogens with one attached hydrogen (secondary N) is 1. The van der Waals surface area contributed by atoms with Crippen LogP contribution in [-0.4, -0.2) is 13.0 Å². The molecule has 0 saturated carbocycles. The Balaban J connectivity index is 1.89. The minimum atomic E-state index is -0.580. The van der Waals surface area contributed by atoms with E-state index in [1.807, 2.05) is 19.2 Å². The maximum atomic E-state index is 11.6. The lowest BCUT2D eigenvalue weighted by molar-refractivity contribution is -0.116. The number of carbonyl (C=O) groups excluding carboxylic acids is 1. The summed E-state index contributed by atoms with van der Waals surface area (Å²) in [6.45, 7) is 0.799. The third kappa shape index (κ3) is 2.88. The summed E-state index contributed by atoms with van der Waals surface area (Å²) < 4.78 is 2.04. The maximum Gasteiger partial charge on any atom is 0.245 e. The van der Waals surface area contributed by atoms with E-state index >= 15 is 0 Å². The van der Waals surface area contributed by atoms with Gasteiger partial charge in [-0.3, -0.25) is 4.79 Å². The van der Waals surface area contributed by atoms with Gasteiger partial charge in [0.25, 0.3) is 0 Å². The summed E-state index contributed by atoms with van der Waals surface area (Å²) >= 11 is 8.75. The van der Waals surface area contributed by atoms with Crippen LogP contribution < -0.4 is 16.0 Å². The van der Waals surface area contributed by atoms with Crippen LogP contribution in [0.1, 0.15) is 16.5 Å². The number of amides is 1. The fraction of sp³-hybridized carbons (Fsp3) is 0.214. The van der Waals surface area contributed by atoms with E-state index in [1.165, 1.54) is 4.88 Å². The number of halogens is 2. The van der Waals surface area contributed by atoms with E-state index < -0.39 is 6.04 Å². The Labute approximate surface area is 143 Å². The first-order valence-electron chi connectivity index (χ1n) is 6.29. The second-order valence-corrected chi connectivity index (χ2v) is 7.71. The molecule has 0 radical (unpaired) electrons. The number of thiophene rings is 1. The monoisotopic (exact) mass is 429 g/mol. The normalized spacial score (nSPS) is 16.8. The molecule has 1 atom stereocenters. The molecule has 1 aromatic carbocycles. The van der Waals surface area contributed by atoms with Gasteiger partial charge in [0, 0.05) is 37.5 Å². The van der Waals surface area contributed by atoms with Crippen molar-refractivity contribution in [1.82, 2.24) is 0 Å². The number of nitrogens with zero attached hydrogens (tertiary/aromatic N) is 1. The van der Waals surface area contributed by atoms with Crippen molar-refractivity contribution in [3.05, 3.63) is 43.0 Å². The fourth-order valence-electron chi connectivity index (χ4n) is 2.34. The second-order valence-electron chi connectivity index (χ2n) is 4.95. The van der Waals surface area contributed by atoms with Crippen LogP contribution in [0.2, 0.25) is 0 Å². The summed E-state index contributed by atoms with van der Waals surface area (Å²) in [7, 11) is 2.02. The highest BCUT2D eigenvalue weighted by Gasteiger charge is 2.28. The molecule has 2 aromatic rings. The average molecular weight is 431 g/mol. The lowest BCUT2D eigenvalue weighted by atomic mass is 10.1. The molecular formula is C14H13Br2N3OS. The van der Waals surface area contributed by atoms with Crippen molar-refractivity contribution in [2.24, 2.45) is 5.73 Å². The molecule has 0 aliphatic carbocycles. The lowest BCUT2D eigenvalue weighted by Crippen LogP contribution is -2.19. The fourth-order valence-corrected chi connectivity index (χ4v) is 4.51. The molecule has 0 saturated heterocycles. The van der Waals surface area contributed by atoms with Crippen molar-refractivity contribution in [3.8, 4) is 0 Å². The van der Waals surface area contributed by atoms with Gasteiger partial charge >= 0.3 is 0 Å². The molecule has 1 aromatic heterocycles. The molecule has 1 aliphatic heterocycles. The standard InChI is InChI=1S/C14H13Br2N3OS/c1-19(5-8-2-7(15)6-21-8)12-4-11-9(3-10(12)16)13(17)14(20)18-11/h2-4,6,13H,5,17H2,1H3,(H,18,20). The number of nitrogens with two attached hydrogens (primary N) is 1. The van der Waals surface area contributed by atoms with Crippen LogP contribution in [0.3, 0.4) is 0 Å². The van der Waals surface area contributed by atoms with Crippen molar-refractivity contribution in [1.29, 1.82) is 0 Å². The van der Waals surface area contributed by atoms with Gasteiger partial charge in [0.2, 0.25) is 5.91 Å². The molecular weight excluding hydrogens is 418 g/mol. The number of carbonyl (C=O) groups is 1. The highest BCUT2D eigenvalue weighted by Crippen LogP contribution is 2.38. The summed E-state index contributed by atoms with van der Waals surface area (Å²) in [4.78, 5) is 15.0. The Morgan fingerprint density at radius 3 is 2.81 bits per heavy atom. The molecule has 1 unspecified atom stereocenters. The van der Waals surface area contributed by atoms with Crippen LogP contribution in [-0.2, 0) is 11.3 Å². The quantitative estimate of drug-likeness (QED) is 0.777. The first-order chi connectivity index (χ1) is 9.95. The minimum absolute atomic E-state index is 0.154. The van der Waals surface area contributed by atoms with Crippen LogP contribution >= 0.6 is 43.2 Å². The smallest absolute Gasteiger partial charge is 0.245 e. The molecule has 110 valence electrons. The minimum Gasteiger partial charge on any atom is -0.368 e. The highest BCUT2D eigenvalue weighted by atomic mass is 79.9. The van der Waals surface area contributed by atoms with E-state index in [-0.39, 0.29) is 5.91 Å². The molecule has 4 nitrogen and oxygen atoms in total. The Morgan fingerprint density at radius 1 is 1.38 bits per heavy atom. The summed E-state index contributed by atoms with van der Waals surface area (Å²) in [5.41, 5.74) is 8.51. The van der Waals surface area contributed by atoms with Gasteiger partial charge in [-0.05, 0) is 50.1 Å². The van der Waals surface area contributed by atoms with E-state index in [0.29, 0.717) is 0 Å². The van der Waals surface area contributed by atoms with Gasteiger partial charge in [-0.15, -0.1) is 11.3 Å². The number of hydrogen-bond donors (Lipinski definition) is 2. The van der Waals surface area contributed by atoms with Gasteiger partial charge in [0.1, 0.15) is 6.04 Å². The molecule has 21 heavy (non-hydrogen) atoms. The van der Waals surface area contributed by atoms with E-state index in [2.05, 4.69) is 53.5 Å². The van der Waals surface area contributed by atoms with Crippen molar-refractivity contribution < 1.29 is 4.79 Å². The van der Waals surface area contributed by atoms with Gasteiger partial charge in [-0.25, -0.2) is 0 Å². The van der Waals surface area contributed by atoms with Gasteiger partial charge in [0.05, 0.1) is 12.2 Å². The summed E-state index contributed by atoms with van der Waals surface area (Å²) in [6.07, 6.45) is 0. The molecule has 1 aliphatic rings. The van der Waals surface area contributed by atoms with Crippen molar-refractivity contribution in [2.45, 2.75) is 12.6 Å². The number of fused-ring (bicyclic) bond motifs is 1. The number of rotatable bonds is 3. The van der Waals surface area contributed by atoms with Gasteiger partial charge < -0.3 is 16.0 Å². The molecule has 0 bridgehead atoms. The predicted octanol–water partition coefficient (Wildman–Crippen LogP) is 3.86. The SMILES string of the molecule is CN(Cc1cc(Br)cs1)c1cc2c(cc1Br)C(N)C(=O)N2. The Hall–Kier alpha value is -0.890. The molecule has 3 rings (SSSR count). The molecule has 3 N–H and O–H groups in total. The molecule has 2 heterocycles. The van der Waals surface area contributed by atoms with Crippen LogP contribution in [0.4, 0.5) is 11.4 Å². The van der Waals surface area contributed by atoms with Crippen LogP contribution in [0.5, 0.6) is 0 Å². The zero-order chi connectivity index (χ0) is 15.1. The lowest BCUT2D eigenvalue weighted by Gasteiger charge is -2.21. The molecule has 0 fully saturated rings. The van der Waals surface area contributed by atoms with E-state index in [1.54, 1.807) is 11.3 Å². The zero-order valence-corrected chi connectivity index (χ0v) is 15.2. The zero-order valence-electron chi connectivity index (χ0n) is 11.2. The van der Waals surface area contributed by atoms with Crippen molar-refractivity contribution >= 4 is 60.5 Å². The first kappa shape index (κ1) is 15.0. The predicted molar refractivity (Wildman–Crippen MR) is 93.8 cm³/mol. The first-order valence-corrected chi connectivity index (χ1v) is 8.76. The number of anilines is 2. The van der Waals surface area contributed by atoms with E-state index in [9.17, 15) is 4.79 Å². The third-order valence-corrected chi connectivity index (χ3v) is 5.74. The van der Waals surface area contributed by atoms with Crippen LogP contribution in [0.15, 0.2) is 32.5 Å². The summed E-state index contributed by atoms with van der Waals surface area (Å²) in [5.74, 6) is -0.154. The molecule has 1 amide bonds. The maximum absolute atomic E-state index is 11.6. The average Bonchev–Trinajstić information content (AvgIpc) is 2.95. The third-order valence-electron chi connectivity index (χ3n) is 3.42. The largest absolute Gasteiger partial charge is 0.368 e. The number of hydrogen-bond acceptors (Lipinski definition) is 4. The van der Waals surface area contributed by atoms with E-state index in [4.69, 9.17) is 5.73 Å². The molecule has 0 spiro atoms. The Kier molecular flexibility index (Phi) is 4.09. The summed E-state index contributed by atoms with van der Waals surface area (Å²) in [5, 5.41) is 4.89. The van der Waals surface area contributed by atoms with Crippen molar-refractivity contribution in [3.63, 3.8) is 0 Å². The summed E-state index contributed by atoms with van der Waals surface area (Å²) in [6, 6.07) is 5.42. The van der Waals surface area contributed by atoms with Gasteiger partial charge in [-0.2, -0.15) is 0 Å². The van der Waals surface area contributed by atoms with Gasteiger partial charge in [0.15, 0.2) is 0 Å². The highest BCUT2D eigenvalue weighted by molar-refractivity contribution is 9.10. The topological polar surface area (TPSA) is 58.4 Å². The van der Waals surface area contributed by atoms with Crippen molar-refractivity contribution in [2.75, 3.05) is 17.3 Å². The van der Waals surface area contributed by atoms with Crippen LogP contribution in [0, 0.1) is 0 Å². The Bertz CT molecular complexity index is 716. The van der Waals surface area contributed by atoms with Crippen LogP contribution in [0.25, 0.3) is 0 Å². The Morgan fingerprint density at radius 2 is 2.14 bits per heavy atom.